The Balaban J connectivity index is 3.58. The minimum Gasteiger partial charge on any atom is -0.479 e. The molecule has 0 saturated carbocycles. The molecule has 0 spiro atoms. The summed E-state index contributed by atoms with van der Waals surface area (Å²) >= 11 is 0. The first kappa shape index (κ1) is 6.14. The first-order valence-corrected chi connectivity index (χ1v) is 1.82. The van der Waals surface area contributed by atoms with Crippen molar-refractivity contribution in [3.8, 4) is 0 Å². The molecule has 40 valence electrons. The zero-order chi connectivity index (χ0) is 5.86. The van der Waals surface area contributed by atoms with Crippen LogP contribution in [0.5, 0.6) is 0 Å². The van der Waals surface area contributed by atoms with Crippen LogP contribution in [0, 0.1) is 5.41 Å². The predicted octanol–water partition coefficient (Wildman–Crippen LogP) is 0.199. The summed E-state index contributed by atoms with van der Waals surface area (Å²) < 4.78 is 4.25. The van der Waals surface area contributed by atoms with Gasteiger partial charge >= 0.3 is 0 Å². The smallest absolute Gasteiger partial charge is 0.249 e. The summed E-state index contributed by atoms with van der Waals surface area (Å²) in [6, 6.07) is 0. The number of carbonyl (C=O) groups is 1. The van der Waals surface area contributed by atoms with Gasteiger partial charge in [-0.2, -0.15) is 0 Å². The van der Waals surface area contributed by atoms with Gasteiger partial charge in [0, 0.05) is 6.92 Å². The van der Waals surface area contributed by atoms with E-state index in [-0.39, 0.29) is 11.7 Å². The third-order valence-corrected chi connectivity index (χ3v) is 0.524. The molecular weight excluding hydrogens is 94.0 g/mol. The van der Waals surface area contributed by atoms with Crippen LogP contribution in [-0.2, 0) is 9.53 Å². The van der Waals surface area contributed by atoms with E-state index in [9.17, 15) is 4.79 Å². The molecule has 0 aliphatic carbocycles. The maximum Gasteiger partial charge on any atom is 0.249 e. The fraction of sp³-hybridized carbons (Fsp3) is 0.500. The fourth-order valence-corrected chi connectivity index (χ4v) is 0.144. The van der Waals surface area contributed by atoms with Crippen molar-refractivity contribution in [3.05, 3.63) is 0 Å². The summed E-state index contributed by atoms with van der Waals surface area (Å²) in [6.45, 7) is 1.28. The molecule has 0 aliphatic heterocycles. The van der Waals surface area contributed by atoms with Crippen molar-refractivity contribution in [1.82, 2.24) is 0 Å². The number of ketones is 1. The number of hydrogen-bond acceptors (Lipinski definition) is 3. The number of rotatable bonds is 1. The second kappa shape index (κ2) is 2.34. The van der Waals surface area contributed by atoms with E-state index >= 15 is 0 Å². The van der Waals surface area contributed by atoms with Crippen LogP contribution in [0.3, 0.4) is 0 Å². The van der Waals surface area contributed by atoms with Gasteiger partial charge in [0.25, 0.3) is 0 Å². The lowest BCUT2D eigenvalue weighted by molar-refractivity contribution is -0.112. The topological polar surface area (TPSA) is 50.1 Å². The van der Waals surface area contributed by atoms with Crippen LogP contribution < -0.4 is 0 Å². The molecule has 0 amide bonds. The summed E-state index contributed by atoms with van der Waals surface area (Å²) in [4.78, 5) is 10.0. The molecule has 0 unspecified atom stereocenters. The highest BCUT2D eigenvalue weighted by Crippen LogP contribution is 1.73. The molecule has 7 heavy (non-hydrogen) atoms. The Bertz CT molecular complexity index is 97.9. The molecule has 0 aromatic heterocycles. The van der Waals surface area contributed by atoms with Gasteiger partial charge in [-0.25, -0.2) is 0 Å². The summed E-state index contributed by atoms with van der Waals surface area (Å²) in [5, 5.41) is 6.62. The van der Waals surface area contributed by atoms with Gasteiger partial charge in [0.15, 0.2) is 0 Å². The van der Waals surface area contributed by atoms with Crippen LogP contribution in [0.25, 0.3) is 0 Å². The van der Waals surface area contributed by atoms with Crippen molar-refractivity contribution in [1.29, 1.82) is 5.41 Å². The van der Waals surface area contributed by atoms with Gasteiger partial charge in [-0.15, -0.1) is 0 Å². The molecule has 0 radical (unpaired) electrons. The van der Waals surface area contributed by atoms with Crippen LogP contribution in [0.2, 0.25) is 0 Å². The average molecular weight is 101 g/mol. The third kappa shape index (κ3) is 1.92. The number of methoxy groups -OCH3 is 1. The van der Waals surface area contributed by atoms with Crippen LogP contribution in [0.4, 0.5) is 0 Å². The van der Waals surface area contributed by atoms with Crippen molar-refractivity contribution in [2.75, 3.05) is 7.11 Å². The Morgan fingerprint density at radius 3 is 2.14 bits per heavy atom. The molecule has 3 heteroatoms. The number of hydrogen-bond donors (Lipinski definition) is 1. The Labute approximate surface area is 41.8 Å². The van der Waals surface area contributed by atoms with Crippen molar-refractivity contribution >= 4 is 11.7 Å². The van der Waals surface area contributed by atoms with E-state index in [0.717, 1.165) is 0 Å². The highest BCUT2D eigenvalue weighted by molar-refractivity contribution is 6.33. The highest BCUT2D eigenvalue weighted by atomic mass is 16.5. The first-order valence-electron chi connectivity index (χ1n) is 1.82. The average Bonchev–Trinajstić information content (AvgIpc) is 1.65. The SMILES string of the molecule is COC(=N)C(C)=O. The highest BCUT2D eigenvalue weighted by Gasteiger charge is 1.97. The second-order valence-electron chi connectivity index (χ2n) is 1.09. The Hall–Kier alpha value is -0.860. The zero-order valence-corrected chi connectivity index (χ0v) is 4.32. The van der Waals surface area contributed by atoms with E-state index in [1.165, 1.54) is 14.0 Å². The molecule has 3 nitrogen and oxygen atoms in total. The molecule has 0 fully saturated rings. The maximum atomic E-state index is 10.0. The molecule has 0 aromatic rings. The molecule has 0 atom stereocenters. The number of nitrogens with one attached hydrogen (secondary N) is 1. The van der Waals surface area contributed by atoms with Crippen molar-refractivity contribution < 1.29 is 9.53 Å². The monoisotopic (exact) mass is 101 g/mol. The largest absolute Gasteiger partial charge is 0.479 e. The predicted molar refractivity (Wildman–Crippen MR) is 25.4 cm³/mol. The molecule has 0 rings (SSSR count). The molecule has 1 N–H and O–H groups in total. The summed E-state index contributed by atoms with van der Waals surface area (Å²) in [5.74, 6) is -0.637. The molecule has 0 saturated heterocycles. The standard InChI is InChI=1S/C4H7NO2/c1-3(6)4(5)7-2/h5H,1-2H3. The summed E-state index contributed by atoms with van der Waals surface area (Å²) in [5.41, 5.74) is 0. The quantitative estimate of drug-likeness (QED) is 0.379. The van der Waals surface area contributed by atoms with Crippen molar-refractivity contribution in [3.63, 3.8) is 0 Å². The molecule has 0 bridgehead atoms. The van der Waals surface area contributed by atoms with Gasteiger partial charge in [-0.3, -0.25) is 10.2 Å². The van der Waals surface area contributed by atoms with Gasteiger partial charge in [-0.05, 0) is 0 Å². The Kier molecular flexibility index (Phi) is 2.05. The van der Waals surface area contributed by atoms with E-state index < -0.39 is 0 Å². The van der Waals surface area contributed by atoms with Crippen LogP contribution in [0.15, 0.2) is 0 Å². The van der Waals surface area contributed by atoms with E-state index in [2.05, 4.69) is 4.74 Å². The van der Waals surface area contributed by atoms with Crippen LogP contribution in [-0.4, -0.2) is 18.8 Å². The maximum absolute atomic E-state index is 10.0. The van der Waals surface area contributed by atoms with Gasteiger partial charge in [0.05, 0.1) is 7.11 Å². The first-order chi connectivity index (χ1) is 3.18. The molecule has 0 aliphatic rings. The summed E-state index contributed by atoms with van der Waals surface area (Å²) in [6.07, 6.45) is 0. The normalized spacial score (nSPS) is 7.71. The fourth-order valence-electron chi connectivity index (χ4n) is 0.144. The lowest BCUT2D eigenvalue weighted by atomic mass is 10.5. The van der Waals surface area contributed by atoms with Gasteiger partial charge in [0.2, 0.25) is 11.7 Å². The Morgan fingerprint density at radius 1 is 1.71 bits per heavy atom. The van der Waals surface area contributed by atoms with Crippen molar-refractivity contribution in [2.24, 2.45) is 0 Å². The second-order valence-corrected chi connectivity index (χ2v) is 1.09. The molecular formula is C4H7NO2. The van der Waals surface area contributed by atoms with Gasteiger partial charge < -0.3 is 4.74 Å². The zero-order valence-electron chi connectivity index (χ0n) is 4.32. The number of ether oxygens (including phenoxy) is 1. The molecule has 0 aromatic carbocycles. The van der Waals surface area contributed by atoms with E-state index in [4.69, 9.17) is 5.41 Å². The van der Waals surface area contributed by atoms with Gasteiger partial charge in [-0.1, -0.05) is 0 Å². The Morgan fingerprint density at radius 2 is 2.14 bits per heavy atom. The van der Waals surface area contributed by atoms with E-state index in [1.807, 2.05) is 0 Å². The minimum absolute atomic E-state index is 0.292. The van der Waals surface area contributed by atoms with Crippen molar-refractivity contribution in [2.45, 2.75) is 6.92 Å². The van der Waals surface area contributed by atoms with E-state index in [0.29, 0.717) is 0 Å². The van der Waals surface area contributed by atoms with E-state index in [1.54, 1.807) is 0 Å². The lowest BCUT2D eigenvalue weighted by Gasteiger charge is -1.91. The number of Topliss-reactive ketones (excluding diaryl/α,β-unsaturated/α-hetero) is 1. The third-order valence-electron chi connectivity index (χ3n) is 0.524. The van der Waals surface area contributed by atoms with Crippen LogP contribution in [0.1, 0.15) is 6.92 Å². The minimum atomic E-state index is -0.345. The summed E-state index contributed by atoms with van der Waals surface area (Å²) in [7, 11) is 1.30. The number of carbonyl (C=O) groups excluding carboxylic acids is 1. The lowest BCUT2D eigenvalue weighted by Crippen LogP contribution is -2.09. The van der Waals surface area contributed by atoms with Crippen LogP contribution >= 0.6 is 0 Å². The van der Waals surface area contributed by atoms with Gasteiger partial charge in [0.1, 0.15) is 0 Å². The molecule has 0 heterocycles.